The lowest BCUT2D eigenvalue weighted by atomic mass is 9.84. The third kappa shape index (κ3) is 6.35. The molecule has 2 aliphatic rings. The van der Waals surface area contributed by atoms with E-state index in [9.17, 15) is 9.59 Å². The highest BCUT2D eigenvalue weighted by Gasteiger charge is 2.42. The van der Waals surface area contributed by atoms with Crippen molar-refractivity contribution in [3.8, 4) is 0 Å². The summed E-state index contributed by atoms with van der Waals surface area (Å²) in [6, 6.07) is 7.63. The Balaban J connectivity index is 1.29. The number of fused-ring (bicyclic) bond motifs is 2. The second kappa shape index (κ2) is 11.5. The van der Waals surface area contributed by atoms with Gasteiger partial charge in [-0.25, -0.2) is 0 Å². The van der Waals surface area contributed by atoms with E-state index in [1.165, 1.54) is 55.2 Å². The summed E-state index contributed by atoms with van der Waals surface area (Å²) in [5.41, 5.74) is 0.555. The molecule has 0 unspecified atom stereocenters. The van der Waals surface area contributed by atoms with Gasteiger partial charge in [-0.3, -0.25) is 14.9 Å². The number of anilines is 1. The van der Waals surface area contributed by atoms with Gasteiger partial charge in [-0.1, -0.05) is 49.7 Å². The second-order valence-electron chi connectivity index (χ2n) is 9.39. The first-order valence-corrected chi connectivity index (χ1v) is 14.0. The Morgan fingerprint density at radius 1 is 1.18 bits per heavy atom. The normalized spacial score (nSPS) is 22.3. The third-order valence-corrected chi connectivity index (χ3v) is 8.97. The standard InChI is InChI=1S/C25H34N4O2S2/c1-3-4-5-10-23-28-29-25(33-23)27-24(31)19-8-6-7-9-21(19)32-15-22(30)26-16(2)20-14-17-11-12-18(20)13-17/h6-9,16-18,20H,3-5,10-15H2,1-2H3,(H,26,30)(H,27,29,31)/t16-,17-,18-,20+/m0/s1. The molecule has 2 bridgehead atoms. The predicted octanol–water partition coefficient (Wildman–Crippen LogP) is 5.56. The summed E-state index contributed by atoms with van der Waals surface area (Å²) in [5, 5.41) is 15.9. The number of hydrogen-bond donors (Lipinski definition) is 2. The maximum Gasteiger partial charge on any atom is 0.258 e. The van der Waals surface area contributed by atoms with Gasteiger partial charge >= 0.3 is 0 Å². The number of rotatable bonds is 11. The van der Waals surface area contributed by atoms with E-state index >= 15 is 0 Å². The number of nitrogens with zero attached hydrogens (tertiary/aromatic N) is 2. The van der Waals surface area contributed by atoms with Crippen LogP contribution >= 0.6 is 23.1 Å². The van der Waals surface area contributed by atoms with E-state index in [0.717, 1.165) is 41.0 Å². The van der Waals surface area contributed by atoms with Crippen molar-refractivity contribution in [2.75, 3.05) is 11.1 Å². The number of carbonyl (C=O) groups excluding carboxylic acids is 2. The van der Waals surface area contributed by atoms with Crippen molar-refractivity contribution in [1.82, 2.24) is 15.5 Å². The molecule has 2 aromatic rings. The number of aromatic nitrogens is 2. The molecule has 2 aliphatic carbocycles. The minimum atomic E-state index is -0.217. The van der Waals surface area contributed by atoms with Crippen molar-refractivity contribution < 1.29 is 9.59 Å². The highest BCUT2D eigenvalue weighted by molar-refractivity contribution is 8.00. The summed E-state index contributed by atoms with van der Waals surface area (Å²) < 4.78 is 0. The number of aryl methyl sites for hydroxylation is 1. The highest BCUT2D eigenvalue weighted by Crippen LogP contribution is 2.49. The molecule has 6 nitrogen and oxygen atoms in total. The largest absolute Gasteiger partial charge is 0.353 e. The van der Waals surface area contributed by atoms with Crippen LogP contribution in [0.3, 0.4) is 0 Å². The molecular formula is C25H34N4O2S2. The third-order valence-electron chi connectivity index (χ3n) is 7.00. The molecular weight excluding hydrogens is 452 g/mol. The van der Waals surface area contributed by atoms with Crippen LogP contribution in [0.15, 0.2) is 29.2 Å². The molecule has 178 valence electrons. The first kappa shape index (κ1) is 24.2. The van der Waals surface area contributed by atoms with Gasteiger partial charge in [0.15, 0.2) is 0 Å². The van der Waals surface area contributed by atoms with Gasteiger partial charge in [-0.15, -0.1) is 22.0 Å². The molecule has 0 spiro atoms. The molecule has 0 saturated heterocycles. The molecule has 33 heavy (non-hydrogen) atoms. The van der Waals surface area contributed by atoms with E-state index in [1.807, 2.05) is 18.2 Å². The van der Waals surface area contributed by atoms with Crippen molar-refractivity contribution >= 4 is 40.0 Å². The minimum absolute atomic E-state index is 0.0336. The lowest BCUT2D eigenvalue weighted by Gasteiger charge is -2.28. The van der Waals surface area contributed by atoms with E-state index in [4.69, 9.17) is 0 Å². The average Bonchev–Trinajstić information content (AvgIpc) is 3.56. The maximum absolute atomic E-state index is 12.9. The molecule has 0 aliphatic heterocycles. The molecule has 1 heterocycles. The average molecular weight is 487 g/mol. The number of benzene rings is 1. The molecule has 8 heteroatoms. The first-order valence-electron chi connectivity index (χ1n) is 12.2. The van der Waals surface area contributed by atoms with Gasteiger partial charge in [0.1, 0.15) is 5.01 Å². The van der Waals surface area contributed by atoms with Crippen LogP contribution < -0.4 is 10.6 Å². The van der Waals surface area contributed by atoms with Crippen LogP contribution in [0.2, 0.25) is 0 Å². The number of hydrogen-bond acceptors (Lipinski definition) is 6. The molecule has 2 fully saturated rings. The lowest BCUT2D eigenvalue weighted by Crippen LogP contribution is -2.40. The smallest absolute Gasteiger partial charge is 0.258 e. The minimum Gasteiger partial charge on any atom is -0.353 e. The molecule has 4 rings (SSSR count). The van der Waals surface area contributed by atoms with Crippen LogP contribution in [0.5, 0.6) is 0 Å². The van der Waals surface area contributed by atoms with Crippen LogP contribution in [0.1, 0.15) is 74.2 Å². The fourth-order valence-electron chi connectivity index (χ4n) is 5.33. The molecule has 0 radical (unpaired) electrons. The number of carbonyl (C=O) groups is 2. The van der Waals surface area contributed by atoms with Crippen molar-refractivity contribution in [3.05, 3.63) is 34.8 Å². The highest BCUT2D eigenvalue weighted by atomic mass is 32.2. The van der Waals surface area contributed by atoms with Gasteiger partial charge in [-0.05, 0) is 62.5 Å². The van der Waals surface area contributed by atoms with Gasteiger partial charge in [0.2, 0.25) is 11.0 Å². The summed E-state index contributed by atoms with van der Waals surface area (Å²) in [4.78, 5) is 26.3. The number of nitrogens with one attached hydrogen (secondary N) is 2. The van der Waals surface area contributed by atoms with E-state index in [2.05, 4.69) is 34.7 Å². The zero-order valence-electron chi connectivity index (χ0n) is 19.5. The maximum atomic E-state index is 12.9. The zero-order chi connectivity index (χ0) is 23.2. The lowest BCUT2D eigenvalue weighted by molar-refractivity contribution is -0.119. The Bertz CT molecular complexity index is 963. The van der Waals surface area contributed by atoms with Crippen LogP contribution in [0, 0.1) is 17.8 Å². The van der Waals surface area contributed by atoms with Crippen LogP contribution in [-0.2, 0) is 11.2 Å². The fraction of sp³-hybridized carbons (Fsp3) is 0.600. The fourth-order valence-corrected chi connectivity index (χ4v) is 6.97. The quantitative estimate of drug-likeness (QED) is 0.321. The summed E-state index contributed by atoms with van der Waals surface area (Å²) in [6.45, 7) is 4.32. The van der Waals surface area contributed by atoms with Gasteiger partial charge in [-0.2, -0.15) is 0 Å². The molecule has 1 aromatic carbocycles. The van der Waals surface area contributed by atoms with Gasteiger partial charge in [0.25, 0.3) is 5.91 Å². The molecule has 1 aromatic heterocycles. The number of unbranched alkanes of at least 4 members (excludes halogenated alkanes) is 2. The van der Waals surface area contributed by atoms with Crippen molar-refractivity contribution in [1.29, 1.82) is 0 Å². The van der Waals surface area contributed by atoms with Gasteiger partial charge in [0, 0.05) is 17.4 Å². The summed E-state index contributed by atoms with van der Waals surface area (Å²) >= 11 is 2.84. The monoisotopic (exact) mass is 486 g/mol. The van der Waals surface area contributed by atoms with E-state index in [1.54, 1.807) is 6.07 Å². The topological polar surface area (TPSA) is 84.0 Å². The number of amides is 2. The van der Waals surface area contributed by atoms with E-state index in [0.29, 0.717) is 22.4 Å². The van der Waals surface area contributed by atoms with Gasteiger partial charge < -0.3 is 5.32 Å². The molecule has 4 atom stereocenters. The molecule has 2 amide bonds. The van der Waals surface area contributed by atoms with Crippen LogP contribution in [0.25, 0.3) is 0 Å². The van der Waals surface area contributed by atoms with Crippen molar-refractivity contribution in [2.45, 2.75) is 76.2 Å². The Labute approximate surface area is 204 Å². The van der Waals surface area contributed by atoms with Crippen molar-refractivity contribution in [2.24, 2.45) is 17.8 Å². The summed E-state index contributed by atoms with van der Waals surface area (Å²) in [5.74, 6) is 2.40. The number of thioether (sulfide) groups is 1. The molecule has 2 saturated carbocycles. The Morgan fingerprint density at radius 3 is 2.79 bits per heavy atom. The Morgan fingerprint density at radius 2 is 2.03 bits per heavy atom. The second-order valence-corrected chi connectivity index (χ2v) is 11.5. The van der Waals surface area contributed by atoms with E-state index in [-0.39, 0.29) is 17.9 Å². The van der Waals surface area contributed by atoms with Crippen LogP contribution in [-0.4, -0.2) is 33.8 Å². The molecule has 2 N–H and O–H groups in total. The van der Waals surface area contributed by atoms with Crippen LogP contribution in [0.4, 0.5) is 5.13 Å². The summed E-state index contributed by atoms with van der Waals surface area (Å²) in [7, 11) is 0. The summed E-state index contributed by atoms with van der Waals surface area (Å²) in [6.07, 6.45) is 9.60. The Kier molecular flexibility index (Phi) is 8.41. The van der Waals surface area contributed by atoms with E-state index < -0.39 is 0 Å². The predicted molar refractivity (Wildman–Crippen MR) is 135 cm³/mol. The van der Waals surface area contributed by atoms with Gasteiger partial charge in [0.05, 0.1) is 11.3 Å². The SMILES string of the molecule is CCCCCc1nnc(NC(=O)c2ccccc2SCC(=O)N[C@@H](C)[C@H]2C[C@H]3CC[C@H]2C3)s1. The zero-order valence-corrected chi connectivity index (χ0v) is 21.1. The first-order chi connectivity index (χ1) is 16.0. The van der Waals surface area contributed by atoms with Crippen molar-refractivity contribution in [3.63, 3.8) is 0 Å². The Hall–Kier alpha value is -1.93.